The van der Waals surface area contributed by atoms with Crippen LogP contribution >= 0.6 is 23.2 Å². The smallest absolute Gasteiger partial charge is 0.261 e. The topological polar surface area (TPSA) is 46.6 Å². The number of ether oxygens (including phenoxy) is 1. The molecule has 0 unspecified atom stereocenters. The van der Waals surface area contributed by atoms with Gasteiger partial charge in [-0.25, -0.2) is 4.90 Å². The fourth-order valence-corrected chi connectivity index (χ4v) is 2.73. The number of amides is 2. The lowest BCUT2D eigenvalue weighted by molar-refractivity contribution is -0.120. The zero-order chi connectivity index (χ0) is 16.6. The SMILES string of the molecule is CC(C)=C1CC(=O)N(c2cc(OC(C)C)c(Cl)cc2Cl)C1=O. The van der Waals surface area contributed by atoms with Crippen LogP contribution < -0.4 is 9.64 Å². The van der Waals surface area contributed by atoms with Gasteiger partial charge in [-0.1, -0.05) is 28.8 Å². The van der Waals surface area contributed by atoms with Gasteiger partial charge in [0.25, 0.3) is 5.91 Å². The van der Waals surface area contributed by atoms with Crippen LogP contribution in [0, 0.1) is 0 Å². The van der Waals surface area contributed by atoms with Gasteiger partial charge in [-0.15, -0.1) is 0 Å². The Morgan fingerprint density at radius 2 is 1.82 bits per heavy atom. The average molecular weight is 342 g/mol. The second kappa shape index (κ2) is 6.31. The molecule has 4 nitrogen and oxygen atoms in total. The fraction of sp³-hybridized carbons (Fsp3) is 0.375. The highest BCUT2D eigenvalue weighted by molar-refractivity contribution is 6.39. The van der Waals surface area contributed by atoms with Crippen LogP contribution in [0.2, 0.25) is 10.0 Å². The normalized spacial score (nSPS) is 15.0. The highest BCUT2D eigenvalue weighted by Gasteiger charge is 2.37. The van der Waals surface area contributed by atoms with Crippen LogP contribution in [0.4, 0.5) is 5.69 Å². The maximum Gasteiger partial charge on any atom is 0.261 e. The standard InChI is InChI=1S/C16H17Cl2NO3/c1-8(2)10-5-15(20)19(16(10)21)13-7-14(22-9(3)4)12(18)6-11(13)17/h6-7,9H,5H2,1-4H3. The summed E-state index contributed by atoms with van der Waals surface area (Å²) in [5.41, 5.74) is 1.62. The highest BCUT2D eigenvalue weighted by Crippen LogP contribution is 2.39. The molecule has 1 aromatic carbocycles. The minimum Gasteiger partial charge on any atom is -0.489 e. The second-order valence-electron chi connectivity index (χ2n) is 5.59. The molecule has 1 aliphatic rings. The maximum atomic E-state index is 12.4. The van der Waals surface area contributed by atoms with Crippen molar-refractivity contribution < 1.29 is 14.3 Å². The van der Waals surface area contributed by atoms with Crippen molar-refractivity contribution in [1.29, 1.82) is 0 Å². The first-order valence-electron chi connectivity index (χ1n) is 6.91. The van der Waals surface area contributed by atoms with Crippen molar-refractivity contribution >= 4 is 40.7 Å². The van der Waals surface area contributed by atoms with E-state index in [4.69, 9.17) is 27.9 Å². The minimum absolute atomic E-state index is 0.0838. The van der Waals surface area contributed by atoms with Crippen LogP contribution in [0.1, 0.15) is 34.1 Å². The van der Waals surface area contributed by atoms with Gasteiger partial charge in [0.05, 0.1) is 28.3 Å². The lowest BCUT2D eigenvalue weighted by atomic mass is 10.1. The molecule has 22 heavy (non-hydrogen) atoms. The third-order valence-electron chi connectivity index (χ3n) is 3.25. The Morgan fingerprint density at radius 3 is 2.32 bits per heavy atom. The van der Waals surface area contributed by atoms with E-state index in [1.54, 1.807) is 13.8 Å². The Balaban J connectivity index is 2.51. The molecule has 1 aliphatic heterocycles. The molecule has 0 saturated carbocycles. The van der Waals surface area contributed by atoms with Crippen molar-refractivity contribution in [2.45, 2.75) is 40.2 Å². The van der Waals surface area contributed by atoms with Crippen molar-refractivity contribution in [3.63, 3.8) is 0 Å². The molecule has 1 aromatic rings. The molecule has 0 radical (unpaired) electrons. The number of hydrogen-bond donors (Lipinski definition) is 0. The monoisotopic (exact) mass is 341 g/mol. The summed E-state index contributed by atoms with van der Waals surface area (Å²) in [5, 5.41) is 0.571. The van der Waals surface area contributed by atoms with E-state index in [9.17, 15) is 9.59 Å². The van der Waals surface area contributed by atoms with Gasteiger partial charge in [0.15, 0.2) is 0 Å². The maximum absolute atomic E-state index is 12.4. The van der Waals surface area contributed by atoms with Gasteiger partial charge in [-0.3, -0.25) is 9.59 Å². The van der Waals surface area contributed by atoms with Crippen LogP contribution in [0.25, 0.3) is 0 Å². The van der Waals surface area contributed by atoms with Crippen molar-refractivity contribution in [3.8, 4) is 5.75 Å². The van der Waals surface area contributed by atoms with Crippen molar-refractivity contribution in [2.24, 2.45) is 0 Å². The van der Waals surface area contributed by atoms with Gasteiger partial charge in [0.2, 0.25) is 5.91 Å². The quantitative estimate of drug-likeness (QED) is 0.605. The van der Waals surface area contributed by atoms with E-state index >= 15 is 0 Å². The Hall–Kier alpha value is -1.52. The van der Waals surface area contributed by atoms with Crippen molar-refractivity contribution in [2.75, 3.05) is 4.90 Å². The van der Waals surface area contributed by atoms with Gasteiger partial charge >= 0.3 is 0 Å². The van der Waals surface area contributed by atoms with Crippen LogP contribution in [0.5, 0.6) is 5.75 Å². The first-order valence-corrected chi connectivity index (χ1v) is 7.67. The van der Waals surface area contributed by atoms with Crippen LogP contribution in [-0.4, -0.2) is 17.9 Å². The Labute approximate surface area is 139 Å². The third-order valence-corrected chi connectivity index (χ3v) is 3.85. The summed E-state index contributed by atoms with van der Waals surface area (Å²) in [4.78, 5) is 25.7. The summed E-state index contributed by atoms with van der Waals surface area (Å²) < 4.78 is 5.59. The lowest BCUT2D eigenvalue weighted by Crippen LogP contribution is -2.29. The third kappa shape index (κ3) is 3.13. The lowest BCUT2D eigenvalue weighted by Gasteiger charge is -2.19. The largest absolute Gasteiger partial charge is 0.489 e. The van der Waals surface area contributed by atoms with Gasteiger partial charge in [0, 0.05) is 11.6 Å². The van der Waals surface area contributed by atoms with Crippen LogP contribution in [0.3, 0.4) is 0 Å². The molecule has 0 aliphatic carbocycles. The number of nitrogens with zero attached hydrogens (tertiary/aromatic N) is 1. The number of allylic oxidation sites excluding steroid dienone is 1. The summed E-state index contributed by atoms with van der Waals surface area (Å²) in [6.45, 7) is 7.33. The first kappa shape index (κ1) is 16.8. The summed E-state index contributed by atoms with van der Waals surface area (Å²) in [7, 11) is 0. The van der Waals surface area contributed by atoms with E-state index < -0.39 is 0 Å². The zero-order valence-electron chi connectivity index (χ0n) is 12.9. The number of rotatable bonds is 3. The van der Waals surface area contributed by atoms with Gasteiger partial charge in [0.1, 0.15) is 5.75 Å². The number of anilines is 1. The molecule has 1 fully saturated rings. The van der Waals surface area contributed by atoms with E-state index in [2.05, 4.69) is 0 Å². The summed E-state index contributed by atoms with van der Waals surface area (Å²) in [5.74, 6) is -0.257. The molecule has 0 spiro atoms. The zero-order valence-corrected chi connectivity index (χ0v) is 14.4. The Bertz CT molecular complexity index is 676. The Morgan fingerprint density at radius 1 is 1.18 bits per heavy atom. The number of imide groups is 1. The van der Waals surface area contributed by atoms with Crippen LogP contribution in [0.15, 0.2) is 23.3 Å². The number of carbonyl (C=O) groups excluding carboxylic acids is 2. The molecule has 2 amide bonds. The molecular weight excluding hydrogens is 325 g/mol. The number of benzene rings is 1. The molecular formula is C16H17Cl2NO3. The predicted octanol–water partition coefficient (Wildman–Crippen LogP) is 4.38. The molecule has 6 heteroatoms. The second-order valence-corrected chi connectivity index (χ2v) is 6.40. The minimum atomic E-state index is -0.343. The summed E-state index contributed by atoms with van der Waals surface area (Å²) in [6, 6.07) is 3.02. The molecule has 118 valence electrons. The highest BCUT2D eigenvalue weighted by atomic mass is 35.5. The molecule has 0 aromatic heterocycles. The molecule has 1 saturated heterocycles. The number of hydrogen-bond acceptors (Lipinski definition) is 3. The van der Waals surface area contributed by atoms with E-state index in [0.717, 1.165) is 10.5 Å². The molecule has 1 heterocycles. The molecule has 0 bridgehead atoms. The van der Waals surface area contributed by atoms with E-state index in [-0.39, 0.29) is 29.4 Å². The fourth-order valence-electron chi connectivity index (χ4n) is 2.22. The molecule has 0 N–H and O–H groups in total. The van der Waals surface area contributed by atoms with Gasteiger partial charge in [-0.05, 0) is 33.8 Å². The van der Waals surface area contributed by atoms with Crippen molar-refractivity contribution in [3.05, 3.63) is 33.3 Å². The number of halogens is 2. The summed E-state index contributed by atoms with van der Waals surface area (Å²) in [6.07, 6.45) is -0.00891. The Kier molecular flexibility index (Phi) is 4.83. The summed E-state index contributed by atoms with van der Waals surface area (Å²) >= 11 is 12.3. The van der Waals surface area contributed by atoms with Gasteiger partial charge in [-0.2, -0.15) is 0 Å². The van der Waals surface area contributed by atoms with Crippen LogP contribution in [-0.2, 0) is 9.59 Å². The van der Waals surface area contributed by atoms with Gasteiger partial charge < -0.3 is 4.74 Å². The van der Waals surface area contributed by atoms with Crippen molar-refractivity contribution in [1.82, 2.24) is 0 Å². The molecule has 2 rings (SSSR count). The predicted molar refractivity (Wildman–Crippen MR) is 87.7 cm³/mol. The van der Waals surface area contributed by atoms with E-state index in [1.807, 2.05) is 13.8 Å². The average Bonchev–Trinajstić information content (AvgIpc) is 2.68. The van der Waals surface area contributed by atoms with E-state index in [0.29, 0.717) is 22.0 Å². The number of carbonyl (C=O) groups is 2. The first-order chi connectivity index (χ1) is 10.2. The van der Waals surface area contributed by atoms with E-state index in [1.165, 1.54) is 12.1 Å². The molecule has 0 atom stereocenters.